The molecule has 0 bridgehead atoms. The first kappa shape index (κ1) is 15.6. The highest BCUT2D eigenvalue weighted by Gasteiger charge is 2.58. The van der Waals surface area contributed by atoms with Crippen molar-refractivity contribution >= 4 is 17.1 Å². The predicted molar refractivity (Wildman–Crippen MR) is 71.4 cm³/mol. The van der Waals surface area contributed by atoms with Gasteiger partial charge in [-0.1, -0.05) is 0 Å². The lowest BCUT2D eigenvalue weighted by molar-refractivity contribution is -0.284. The lowest BCUT2D eigenvalue weighted by Crippen LogP contribution is -2.45. The molecule has 0 saturated carbocycles. The number of imidazole rings is 1. The van der Waals surface area contributed by atoms with E-state index in [0.717, 1.165) is 18.0 Å². The topological polar surface area (TPSA) is 156 Å². The van der Waals surface area contributed by atoms with Gasteiger partial charge in [0, 0.05) is 7.05 Å². The standard InChI is InChI=1S/C12H15N5O6/c1-16-3-15-10-5(9(16)13)14-4-17(10)12(21)8(19)6(18)7(23-12)11(20)22-2/h3-4,6-8,13,18-19,21H,1-2H3/t6-,7+,8-,12+/m1/s1. The minimum absolute atomic E-state index is 0.0231. The van der Waals surface area contributed by atoms with E-state index in [9.17, 15) is 20.1 Å². The van der Waals surface area contributed by atoms with Gasteiger partial charge in [0.05, 0.1) is 13.4 Å². The molecule has 3 rings (SSSR count). The Balaban J connectivity index is 2.13. The summed E-state index contributed by atoms with van der Waals surface area (Å²) in [7, 11) is 2.68. The van der Waals surface area contributed by atoms with Gasteiger partial charge in [-0.2, -0.15) is 0 Å². The molecule has 0 amide bonds. The number of aliphatic hydroxyl groups is 3. The second-order valence-electron chi connectivity index (χ2n) is 5.15. The Hall–Kier alpha value is -2.34. The van der Waals surface area contributed by atoms with Gasteiger partial charge >= 0.3 is 5.97 Å². The summed E-state index contributed by atoms with van der Waals surface area (Å²) in [6, 6.07) is 0. The highest BCUT2D eigenvalue weighted by molar-refractivity contribution is 5.76. The number of hydrogen-bond acceptors (Lipinski definition) is 9. The summed E-state index contributed by atoms with van der Waals surface area (Å²) in [5.41, 5.74) is 0.220. The number of esters is 1. The van der Waals surface area contributed by atoms with Crippen molar-refractivity contribution in [1.82, 2.24) is 19.1 Å². The zero-order chi connectivity index (χ0) is 16.9. The first-order valence-corrected chi connectivity index (χ1v) is 6.59. The van der Waals surface area contributed by atoms with Crippen LogP contribution in [-0.4, -0.2) is 65.8 Å². The monoisotopic (exact) mass is 325 g/mol. The summed E-state index contributed by atoms with van der Waals surface area (Å²) in [6.45, 7) is 0. The average Bonchev–Trinajstić information content (AvgIpc) is 3.07. The van der Waals surface area contributed by atoms with Crippen LogP contribution in [0.3, 0.4) is 0 Å². The van der Waals surface area contributed by atoms with E-state index >= 15 is 0 Å². The number of rotatable bonds is 2. The fraction of sp³-hybridized carbons (Fsp3) is 0.500. The van der Waals surface area contributed by atoms with Crippen LogP contribution in [0.4, 0.5) is 0 Å². The molecule has 4 N–H and O–H groups in total. The summed E-state index contributed by atoms with van der Waals surface area (Å²) in [4.78, 5) is 19.6. The number of aromatic nitrogens is 4. The molecule has 0 aromatic carbocycles. The highest BCUT2D eigenvalue weighted by atomic mass is 16.7. The van der Waals surface area contributed by atoms with E-state index < -0.39 is 30.2 Å². The van der Waals surface area contributed by atoms with Crippen LogP contribution in [0.15, 0.2) is 12.7 Å². The van der Waals surface area contributed by atoms with Crippen molar-refractivity contribution in [1.29, 1.82) is 5.41 Å². The third-order valence-corrected chi connectivity index (χ3v) is 3.77. The van der Waals surface area contributed by atoms with Gasteiger partial charge in [-0.05, 0) is 0 Å². The predicted octanol–water partition coefficient (Wildman–Crippen LogP) is -2.85. The fourth-order valence-corrected chi connectivity index (χ4v) is 2.45. The van der Waals surface area contributed by atoms with E-state index in [0.29, 0.717) is 0 Å². The lowest BCUT2D eigenvalue weighted by Gasteiger charge is -2.26. The summed E-state index contributed by atoms with van der Waals surface area (Å²) in [5.74, 6) is -3.43. The Labute approximate surface area is 128 Å². The fourth-order valence-electron chi connectivity index (χ4n) is 2.45. The molecule has 0 aliphatic carbocycles. The summed E-state index contributed by atoms with van der Waals surface area (Å²) >= 11 is 0. The zero-order valence-corrected chi connectivity index (χ0v) is 12.2. The molecule has 23 heavy (non-hydrogen) atoms. The molecule has 4 atom stereocenters. The van der Waals surface area contributed by atoms with Crippen LogP contribution in [0, 0.1) is 5.41 Å². The van der Waals surface area contributed by atoms with E-state index in [2.05, 4.69) is 14.7 Å². The smallest absolute Gasteiger partial charge is 0.338 e. The Morgan fingerprint density at radius 2 is 2.13 bits per heavy atom. The van der Waals surface area contributed by atoms with Gasteiger partial charge < -0.3 is 29.4 Å². The number of aliphatic hydroxyl groups excluding tert-OH is 2. The highest BCUT2D eigenvalue weighted by Crippen LogP contribution is 2.35. The number of carbonyl (C=O) groups is 1. The Morgan fingerprint density at radius 3 is 2.78 bits per heavy atom. The molecule has 2 aromatic heterocycles. The van der Waals surface area contributed by atoms with E-state index in [1.54, 1.807) is 7.05 Å². The minimum atomic E-state index is -2.48. The van der Waals surface area contributed by atoms with Crippen LogP contribution in [0.5, 0.6) is 0 Å². The van der Waals surface area contributed by atoms with Crippen LogP contribution < -0.4 is 5.49 Å². The SMILES string of the molecule is COC(=O)[C@H]1O[C@](O)(n2cnc3c(=N)n(C)cnc32)[C@H](O)[C@@H]1O. The van der Waals surface area contributed by atoms with Crippen LogP contribution in [0.1, 0.15) is 0 Å². The second kappa shape index (κ2) is 5.09. The maximum atomic E-state index is 11.6. The van der Waals surface area contributed by atoms with Gasteiger partial charge in [-0.25, -0.2) is 14.8 Å². The Morgan fingerprint density at radius 1 is 1.43 bits per heavy atom. The maximum absolute atomic E-state index is 11.6. The summed E-state index contributed by atoms with van der Waals surface area (Å²) < 4.78 is 12.0. The van der Waals surface area contributed by atoms with Crippen molar-refractivity contribution in [2.75, 3.05) is 7.11 Å². The molecule has 1 aliphatic heterocycles. The van der Waals surface area contributed by atoms with Gasteiger partial charge in [-0.3, -0.25) is 9.98 Å². The van der Waals surface area contributed by atoms with Crippen molar-refractivity contribution in [3.05, 3.63) is 18.1 Å². The van der Waals surface area contributed by atoms with Crippen molar-refractivity contribution in [2.24, 2.45) is 7.05 Å². The molecule has 1 saturated heterocycles. The van der Waals surface area contributed by atoms with Crippen LogP contribution in [0.2, 0.25) is 0 Å². The number of fused-ring (bicyclic) bond motifs is 1. The molecule has 124 valence electrons. The molecule has 0 radical (unpaired) electrons. The largest absolute Gasteiger partial charge is 0.467 e. The number of nitrogens with one attached hydrogen (secondary N) is 1. The van der Waals surface area contributed by atoms with Crippen molar-refractivity contribution in [3.8, 4) is 0 Å². The Kier molecular flexibility index (Phi) is 3.44. The lowest BCUT2D eigenvalue weighted by atomic mass is 10.1. The summed E-state index contributed by atoms with van der Waals surface area (Å²) in [5, 5.41) is 38.6. The zero-order valence-electron chi connectivity index (χ0n) is 12.2. The summed E-state index contributed by atoms with van der Waals surface area (Å²) in [6.07, 6.45) is -2.71. The number of carbonyl (C=O) groups excluding carboxylic acids is 1. The molecule has 0 spiro atoms. The molecule has 11 nitrogen and oxygen atoms in total. The first-order valence-electron chi connectivity index (χ1n) is 6.59. The van der Waals surface area contributed by atoms with Crippen molar-refractivity contribution in [2.45, 2.75) is 24.2 Å². The van der Waals surface area contributed by atoms with E-state index in [4.69, 9.17) is 10.1 Å². The molecule has 1 fully saturated rings. The number of ether oxygens (including phenoxy) is 2. The van der Waals surface area contributed by atoms with Gasteiger partial charge in [0.15, 0.2) is 28.9 Å². The van der Waals surface area contributed by atoms with Crippen molar-refractivity contribution < 1.29 is 29.6 Å². The van der Waals surface area contributed by atoms with Crippen LogP contribution >= 0.6 is 0 Å². The number of hydrogen-bond donors (Lipinski definition) is 4. The molecule has 1 aliphatic rings. The quantitative estimate of drug-likeness (QED) is 0.430. The van der Waals surface area contributed by atoms with Gasteiger partial charge in [0.1, 0.15) is 12.4 Å². The average molecular weight is 325 g/mol. The normalized spacial score (nSPS) is 30.7. The van der Waals surface area contributed by atoms with E-state index in [1.165, 1.54) is 10.9 Å². The molecular formula is C12H15N5O6. The molecule has 2 aromatic rings. The number of nitrogens with zero attached hydrogens (tertiary/aromatic N) is 4. The number of methoxy groups -OCH3 is 1. The maximum Gasteiger partial charge on any atom is 0.338 e. The number of aryl methyl sites for hydroxylation is 1. The van der Waals surface area contributed by atoms with Crippen molar-refractivity contribution in [3.63, 3.8) is 0 Å². The van der Waals surface area contributed by atoms with E-state index in [1.807, 2.05) is 0 Å². The van der Waals surface area contributed by atoms with Gasteiger partial charge in [-0.15, -0.1) is 0 Å². The third-order valence-electron chi connectivity index (χ3n) is 3.77. The third kappa shape index (κ3) is 2.05. The molecule has 0 unspecified atom stereocenters. The molecule has 11 heteroatoms. The van der Waals surface area contributed by atoms with E-state index in [-0.39, 0.29) is 16.7 Å². The Bertz CT molecular complexity index is 831. The van der Waals surface area contributed by atoms with Gasteiger partial charge in [0.25, 0.3) is 5.91 Å². The van der Waals surface area contributed by atoms with Crippen LogP contribution in [-0.2, 0) is 27.2 Å². The first-order chi connectivity index (χ1) is 10.8. The van der Waals surface area contributed by atoms with Crippen LogP contribution in [0.25, 0.3) is 11.2 Å². The van der Waals surface area contributed by atoms with Gasteiger partial charge in [0.2, 0.25) is 0 Å². The second-order valence-corrected chi connectivity index (χ2v) is 5.15. The minimum Gasteiger partial charge on any atom is -0.467 e. The molecule has 3 heterocycles. The molecular weight excluding hydrogens is 310 g/mol.